The number of aryl methyl sites for hydroxylation is 1. The summed E-state index contributed by atoms with van der Waals surface area (Å²) in [5, 5.41) is 24.4. The SMILES string of the molecule is COC(=O)c1c(CC[C@@H](CO)NC(=O)N[C@@H](Cc2ccccc2)Cn2cc(-c3ccccn3)nn2)oc(C(=O)N2CCOCC2)c1C(=O)OC. The molecule has 2 atom stereocenters. The summed E-state index contributed by atoms with van der Waals surface area (Å²) in [7, 11) is 2.26. The molecule has 3 N–H and O–H groups in total. The van der Waals surface area contributed by atoms with E-state index in [9.17, 15) is 24.3 Å². The molecule has 4 heterocycles. The van der Waals surface area contributed by atoms with Gasteiger partial charge in [0.25, 0.3) is 5.91 Å². The first-order valence-electron chi connectivity index (χ1n) is 16.0. The third-order valence-electron chi connectivity index (χ3n) is 8.06. The van der Waals surface area contributed by atoms with Crippen LogP contribution < -0.4 is 10.6 Å². The topological polar surface area (TPSA) is 200 Å². The highest BCUT2D eigenvalue weighted by atomic mass is 16.5. The molecule has 5 rings (SSSR count). The maximum atomic E-state index is 13.4. The van der Waals surface area contributed by atoms with Crippen molar-refractivity contribution in [2.45, 2.75) is 37.9 Å². The molecule has 0 saturated carbocycles. The lowest BCUT2D eigenvalue weighted by atomic mass is 10.0. The number of morpholine rings is 1. The Bertz CT molecular complexity index is 1750. The lowest BCUT2D eigenvalue weighted by Crippen LogP contribution is -2.49. The molecule has 1 aliphatic rings. The summed E-state index contributed by atoms with van der Waals surface area (Å²) in [6.45, 7) is 0.978. The zero-order valence-electron chi connectivity index (χ0n) is 27.7. The Hall–Kier alpha value is -5.61. The van der Waals surface area contributed by atoms with E-state index in [4.69, 9.17) is 18.6 Å². The van der Waals surface area contributed by atoms with Crippen LogP contribution >= 0.6 is 0 Å². The van der Waals surface area contributed by atoms with Gasteiger partial charge in [0.1, 0.15) is 22.6 Å². The number of furan rings is 1. The Kier molecular flexibility index (Phi) is 12.3. The van der Waals surface area contributed by atoms with Gasteiger partial charge in [0.05, 0.1) is 64.6 Å². The van der Waals surface area contributed by atoms with Crippen LogP contribution in [0, 0.1) is 0 Å². The molecule has 0 unspecified atom stereocenters. The van der Waals surface area contributed by atoms with E-state index in [-0.39, 0.29) is 55.1 Å². The van der Waals surface area contributed by atoms with Crippen molar-refractivity contribution >= 4 is 23.9 Å². The van der Waals surface area contributed by atoms with E-state index >= 15 is 0 Å². The molecule has 0 spiro atoms. The summed E-state index contributed by atoms with van der Waals surface area (Å²) in [6.07, 6.45) is 3.92. The van der Waals surface area contributed by atoms with Crippen molar-refractivity contribution in [1.82, 2.24) is 35.5 Å². The van der Waals surface area contributed by atoms with Crippen LogP contribution in [0.15, 0.2) is 65.3 Å². The second-order valence-corrected chi connectivity index (χ2v) is 11.5. The molecule has 0 radical (unpaired) electrons. The molecule has 3 amide bonds. The number of hydrogen-bond donors (Lipinski definition) is 3. The maximum absolute atomic E-state index is 13.4. The number of amides is 3. The number of aliphatic hydroxyl groups is 1. The lowest BCUT2D eigenvalue weighted by molar-refractivity contribution is 0.0277. The van der Waals surface area contributed by atoms with Crippen molar-refractivity contribution in [3.63, 3.8) is 0 Å². The number of ether oxygens (including phenoxy) is 3. The molecular formula is C34H39N7O9. The predicted molar refractivity (Wildman–Crippen MR) is 176 cm³/mol. The minimum Gasteiger partial charge on any atom is -0.465 e. The second-order valence-electron chi connectivity index (χ2n) is 11.5. The third-order valence-corrected chi connectivity index (χ3v) is 8.06. The average molecular weight is 690 g/mol. The minimum atomic E-state index is -0.947. The Morgan fingerprint density at radius 3 is 2.30 bits per heavy atom. The van der Waals surface area contributed by atoms with Gasteiger partial charge in [-0.1, -0.05) is 41.6 Å². The Labute approximate surface area is 287 Å². The van der Waals surface area contributed by atoms with Crippen molar-refractivity contribution < 1.29 is 42.9 Å². The molecule has 1 aliphatic heterocycles. The standard InChI is InChI=1S/C34H39N7O9/c1-47-32(44)28-27(50-30(29(28)33(45)48-2)31(43)40-14-16-49-17-15-40)12-11-23(21-42)36-34(46)37-24(18-22-8-4-3-5-9-22)19-41-20-26(38-39-41)25-10-6-7-13-35-25/h3-10,13,20,23-24,42H,11-12,14-19,21H2,1-2H3,(H2,36,37,46)/t23-,24-/m0/s1. The summed E-state index contributed by atoms with van der Waals surface area (Å²) in [5.41, 5.74) is 1.64. The largest absolute Gasteiger partial charge is 0.465 e. The number of carbonyl (C=O) groups is 4. The van der Waals surface area contributed by atoms with E-state index in [1.54, 1.807) is 17.1 Å². The molecule has 4 aromatic rings. The zero-order chi connectivity index (χ0) is 35.5. The number of nitrogens with one attached hydrogen (secondary N) is 2. The highest BCUT2D eigenvalue weighted by Gasteiger charge is 2.36. The number of pyridine rings is 1. The van der Waals surface area contributed by atoms with Gasteiger partial charge in [-0.05, 0) is 30.5 Å². The molecule has 1 fully saturated rings. The molecule has 50 heavy (non-hydrogen) atoms. The van der Waals surface area contributed by atoms with Crippen molar-refractivity contribution in [2.75, 3.05) is 47.1 Å². The number of carbonyl (C=O) groups excluding carboxylic acids is 4. The fourth-order valence-electron chi connectivity index (χ4n) is 5.56. The zero-order valence-corrected chi connectivity index (χ0v) is 27.7. The molecule has 1 saturated heterocycles. The van der Waals surface area contributed by atoms with E-state index in [2.05, 4.69) is 25.9 Å². The highest BCUT2D eigenvalue weighted by Crippen LogP contribution is 2.28. The third kappa shape index (κ3) is 8.89. The molecule has 264 valence electrons. The first-order valence-corrected chi connectivity index (χ1v) is 16.0. The summed E-state index contributed by atoms with van der Waals surface area (Å²) in [5.74, 6) is -2.84. The number of nitrogens with zero attached hydrogens (tertiary/aromatic N) is 5. The monoisotopic (exact) mass is 689 g/mol. The van der Waals surface area contributed by atoms with Crippen LogP contribution in [0.1, 0.15) is 49.0 Å². The van der Waals surface area contributed by atoms with Gasteiger partial charge in [-0.2, -0.15) is 0 Å². The van der Waals surface area contributed by atoms with Crippen LogP contribution in [0.25, 0.3) is 11.4 Å². The van der Waals surface area contributed by atoms with Crippen molar-refractivity contribution in [2.24, 2.45) is 0 Å². The number of urea groups is 1. The van der Waals surface area contributed by atoms with Crippen molar-refractivity contribution in [1.29, 1.82) is 0 Å². The van der Waals surface area contributed by atoms with E-state index < -0.39 is 42.6 Å². The van der Waals surface area contributed by atoms with Gasteiger partial charge >= 0.3 is 18.0 Å². The number of methoxy groups -OCH3 is 2. The minimum absolute atomic E-state index is 0.0219. The smallest absolute Gasteiger partial charge is 0.342 e. The quantitative estimate of drug-likeness (QED) is 0.163. The van der Waals surface area contributed by atoms with Gasteiger partial charge in [0, 0.05) is 25.7 Å². The van der Waals surface area contributed by atoms with Crippen molar-refractivity contribution in [3.05, 3.63) is 89.1 Å². The van der Waals surface area contributed by atoms with Crippen molar-refractivity contribution in [3.8, 4) is 11.4 Å². The number of hydrogen-bond acceptors (Lipinski definition) is 12. The van der Waals surface area contributed by atoms with E-state index in [0.717, 1.165) is 19.8 Å². The summed E-state index contributed by atoms with van der Waals surface area (Å²) < 4.78 is 22.6. The number of aliphatic hydroxyl groups excluding tert-OH is 1. The van der Waals surface area contributed by atoms with Gasteiger partial charge in [-0.25, -0.2) is 19.1 Å². The number of benzene rings is 1. The molecule has 1 aromatic carbocycles. The van der Waals surface area contributed by atoms with Crippen LogP contribution in [0.3, 0.4) is 0 Å². The lowest BCUT2D eigenvalue weighted by Gasteiger charge is -2.26. The predicted octanol–water partition coefficient (Wildman–Crippen LogP) is 1.88. The van der Waals surface area contributed by atoms with Crippen LogP contribution in [-0.2, 0) is 33.6 Å². The Morgan fingerprint density at radius 2 is 1.62 bits per heavy atom. The first kappa shape index (κ1) is 35.7. The second kappa shape index (κ2) is 17.2. The fourth-order valence-corrected chi connectivity index (χ4v) is 5.56. The Balaban J connectivity index is 1.30. The maximum Gasteiger partial charge on any atom is 0.342 e. The van der Waals surface area contributed by atoms with E-state index in [1.807, 2.05) is 48.5 Å². The van der Waals surface area contributed by atoms with Gasteiger partial charge in [-0.15, -0.1) is 5.10 Å². The number of aromatic nitrogens is 4. The van der Waals surface area contributed by atoms with Crippen LogP contribution in [0.5, 0.6) is 0 Å². The van der Waals surface area contributed by atoms with Gasteiger partial charge in [0.15, 0.2) is 0 Å². The van der Waals surface area contributed by atoms with E-state index in [1.165, 1.54) is 4.90 Å². The van der Waals surface area contributed by atoms with Gasteiger partial charge < -0.3 is 39.3 Å². The number of rotatable bonds is 14. The highest BCUT2D eigenvalue weighted by molar-refractivity contribution is 6.11. The molecular weight excluding hydrogens is 650 g/mol. The number of esters is 2. The molecule has 16 heteroatoms. The van der Waals surface area contributed by atoms with Gasteiger partial charge in [-0.3, -0.25) is 9.78 Å². The first-order chi connectivity index (χ1) is 24.3. The van der Waals surface area contributed by atoms with Crippen LogP contribution in [0.4, 0.5) is 4.79 Å². The summed E-state index contributed by atoms with van der Waals surface area (Å²) in [6, 6.07) is 13.3. The normalized spacial score (nSPS) is 14.0. The van der Waals surface area contributed by atoms with Crippen LogP contribution in [-0.4, -0.2) is 113 Å². The van der Waals surface area contributed by atoms with E-state index in [0.29, 0.717) is 31.0 Å². The molecule has 0 bridgehead atoms. The molecule has 3 aromatic heterocycles. The summed E-state index contributed by atoms with van der Waals surface area (Å²) >= 11 is 0. The summed E-state index contributed by atoms with van der Waals surface area (Å²) in [4.78, 5) is 58.2. The molecule has 16 nitrogen and oxygen atoms in total. The van der Waals surface area contributed by atoms with Gasteiger partial charge in [0.2, 0.25) is 5.76 Å². The average Bonchev–Trinajstić information content (AvgIpc) is 3.78. The van der Waals surface area contributed by atoms with Crippen LogP contribution in [0.2, 0.25) is 0 Å². The molecule has 0 aliphatic carbocycles. The Morgan fingerprint density at radius 1 is 0.920 bits per heavy atom. The fraction of sp³-hybridized carbons (Fsp3) is 0.382.